The third-order valence-corrected chi connectivity index (χ3v) is 5.19. The standard InChI is InChI=1S/C18H29NO5/c1-17(2,3)24-15(21)13-8-7-12(11-18(13,4)16(22)23)14(20)19-9-5-6-10-19/h12-13H,5-11H2,1-4H3,(H,22,23)/t12?,13-,18+/m1/s1. The van der Waals surface area contributed by atoms with E-state index in [1.165, 1.54) is 0 Å². The number of ether oxygens (including phenoxy) is 1. The zero-order valence-electron chi connectivity index (χ0n) is 15.1. The Bertz CT molecular complexity index is 518. The van der Waals surface area contributed by atoms with Crippen molar-refractivity contribution in [1.29, 1.82) is 0 Å². The fourth-order valence-corrected chi connectivity index (χ4v) is 3.84. The van der Waals surface area contributed by atoms with Crippen molar-refractivity contribution in [2.75, 3.05) is 13.1 Å². The summed E-state index contributed by atoms with van der Waals surface area (Å²) in [5, 5.41) is 9.75. The van der Waals surface area contributed by atoms with Crippen molar-refractivity contribution in [3.63, 3.8) is 0 Å². The molecule has 0 spiro atoms. The minimum absolute atomic E-state index is 0.0441. The number of hydrogen-bond acceptors (Lipinski definition) is 4. The summed E-state index contributed by atoms with van der Waals surface area (Å²) in [6.07, 6.45) is 3.13. The zero-order chi connectivity index (χ0) is 18.1. The van der Waals surface area contributed by atoms with Gasteiger partial charge in [0, 0.05) is 19.0 Å². The van der Waals surface area contributed by atoms with Gasteiger partial charge in [-0.3, -0.25) is 14.4 Å². The maximum atomic E-state index is 12.6. The van der Waals surface area contributed by atoms with Crippen LogP contribution in [0.5, 0.6) is 0 Å². The van der Waals surface area contributed by atoms with Gasteiger partial charge in [0.1, 0.15) is 5.60 Å². The molecule has 1 saturated heterocycles. The molecule has 1 aliphatic carbocycles. The van der Waals surface area contributed by atoms with Crippen LogP contribution in [0.15, 0.2) is 0 Å². The number of carbonyl (C=O) groups excluding carboxylic acids is 2. The molecule has 1 aliphatic heterocycles. The monoisotopic (exact) mass is 339 g/mol. The lowest BCUT2D eigenvalue weighted by molar-refractivity contribution is -0.177. The first-order valence-corrected chi connectivity index (χ1v) is 8.79. The van der Waals surface area contributed by atoms with E-state index in [2.05, 4.69) is 0 Å². The number of esters is 1. The molecule has 3 atom stereocenters. The summed E-state index contributed by atoms with van der Waals surface area (Å²) in [6.45, 7) is 8.40. The molecule has 1 saturated carbocycles. The highest BCUT2D eigenvalue weighted by molar-refractivity contribution is 5.86. The van der Waals surface area contributed by atoms with E-state index in [0.29, 0.717) is 12.8 Å². The van der Waals surface area contributed by atoms with E-state index in [-0.39, 0.29) is 18.2 Å². The van der Waals surface area contributed by atoms with Crippen molar-refractivity contribution in [2.24, 2.45) is 17.3 Å². The third-order valence-electron chi connectivity index (χ3n) is 5.19. The van der Waals surface area contributed by atoms with Crippen molar-refractivity contribution in [3.8, 4) is 0 Å². The highest BCUT2D eigenvalue weighted by atomic mass is 16.6. The number of carboxylic acid groups (broad SMARTS) is 1. The molecule has 2 aliphatic rings. The fourth-order valence-electron chi connectivity index (χ4n) is 3.84. The number of rotatable bonds is 3. The Morgan fingerprint density at radius 2 is 1.71 bits per heavy atom. The molecule has 1 amide bonds. The molecule has 2 rings (SSSR count). The number of likely N-dealkylation sites (tertiary alicyclic amines) is 1. The van der Waals surface area contributed by atoms with Crippen molar-refractivity contribution < 1.29 is 24.2 Å². The van der Waals surface area contributed by atoms with E-state index in [4.69, 9.17) is 4.74 Å². The lowest BCUT2D eigenvalue weighted by atomic mass is 9.63. The van der Waals surface area contributed by atoms with Crippen LogP contribution in [-0.2, 0) is 19.1 Å². The molecular formula is C18H29NO5. The predicted octanol–water partition coefficient (Wildman–Crippen LogP) is 2.46. The highest BCUT2D eigenvalue weighted by Gasteiger charge is 2.52. The summed E-state index contributed by atoms with van der Waals surface area (Å²) in [5.74, 6) is -2.49. The molecule has 1 unspecified atom stereocenters. The summed E-state index contributed by atoms with van der Waals surface area (Å²) in [6, 6.07) is 0. The topological polar surface area (TPSA) is 83.9 Å². The molecule has 1 heterocycles. The normalized spacial score (nSPS) is 30.9. The Labute approximate surface area is 143 Å². The summed E-state index contributed by atoms with van der Waals surface area (Å²) in [7, 11) is 0. The van der Waals surface area contributed by atoms with Gasteiger partial charge < -0.3 is 14.7 Å². The molecular weight excluding hydrogens is 310 g/mol. The van der Waals surface area contributed by atoms with Gasteiger partial charge in [-0.1, -0.05) is 0 Å². The lowest BCUT2D eigenvalue weighted by Gasteiger charge is -2.41. The number of aliphatic carboxylic acids is 1. The van der Waals surface area contributed by atoms with E-state index in [9.17, 15) is 19.5 Å². The van der Waals surface area contributed by atoms with Gasteiger partial charge in [0.15, 0.2) is 0 Å². The van der Waals surface area contributed by atoms with Crippen LogP contribution in [0.1, 0.15) is 59.8 Å². The van der Waals surface area contributed by atoms with Crippen LogP contribution >= 0.6 is 0 Å². The first-order chi connectivity index (χ1) is 11.0. The van der Waals surface area contributed by atoms with E-state index >= 15 is 0 Å². The van der Waals surface area contributed by atoms with Crippen LogP contribution in [0, 0.1) is 17.3 Å². The average molecular weight is 339 g/mol. The van der Waals surface area contributed by atoms with Crippen LogP contribution < -0.4 is 0 Å². The second kappa shape index (κ2) is 6.73. The maximum absolute atomic E-state index is 12.6. The fraction of sp³-hybridized carbons (Fsp3) is 0.833. The van der Waals surface area contributed by atoms with E-state index < -0.39 is 28.9 Å². The largest absolute Gasteiger partial charge is 0.481 e. The molecule has 136 valence electrons. The van der Waals surface area contributed by atoms with Crippen LogP contribution in [0.3, 0.4) is 0 Å². The van der Waals surface area contributed by atoms with Gasteiger partial charge in [-0.2, -0.15) is 0 Å². The summed E-state index contributed by atoms with van der Waals surface area (Å²) in [4.78, 5) is 38.9. The quantitative estimate of drug-likeness (QED) is 0.799. The van der Waals surface area contributed by atoms with E-state index in [1.54, 1.807) is 27.7 Å². The molecule has 2 fully saturated rings. The van der Waals surface area contributed by atoms with Crippen LogP contribution in [-0.4, -0.2) is 46.5 Å². The van der Waals surface area contributed by atoms with Gasteiger partial charge in [-0.25, -0.2) is 0 Å². The molecule has 0 radical (unpaired) electrons. The number of carbonyl (C=O) groups is 3. The molecule has 1 N–H and O–H groups in total. The zero-order valence-corrected chi connectivity index (χ0v) is 15.1. The SMILES string of the molecule is CC(C)(C)OC(=O)[C@H]1CCC(C(=O)N2CCCC2)C[C@]1(C)C(=O)O. The predicted molar refractivity (Wildman–Crippen MR) is 88.2 cm³/mol. The molecule has 6 nitrogen and oxygen atoms in total. The van der Waals surface area contributed by atoms with Crippen LogP contribution in [0.25, 0.3) is 0 Å². The van der Waals surface area contributed by atoms with Crippen LogP contribution in [0.4, 0.5) is 0 Å². The van der Waals surface area contributed by atoms with E-state index in [0.717, 1.165) is 25.9 Å². The first-order valence-electron chi connectivity index (χ1n) is 8.79. The van der Waals surface area contributed by atoms with Gasteiger partial charge in [-0.15, -0.1) is 0 Å². The highest BCUT2D eigenvalue weighted by Crippen LogP contribution is 2.45. The Hall–Kier alpha value is -1.59. The summed E-state index contributed by atoms with van der Waals surface area (Å²) in [5.41, 5.74) is -1.92. The van der Waals surface area contributed by atoms with Gasteiger partial charge >= 0.3 is 11.9 Å². The van der Waals surface area contributed by atoms with Crippen molar-refractivity contribution >= 4 is 17.8 Å². The maximum Gasteiger partial charge on any atom is 0.310 e. The molecule has 0 bridgehead atoms. The van der Waals surface area contributed by atoms with Crippen molar-refractivity contribution in [2.45, 2.75) is 65.4 Å². The number of hydrogen-bond donors (Lipinski definition) is 1. The summed E-state index contributed by atoms with van der Waals surface area (Å²) >= 11 is 0. The van der Waals surface area contributed by atoms with Gasteiger partial charge in [-0.05, 0) is 59.8 Å². The lowest BCUT2D eigenvalue weighted by Crippen LogP contribution is -2.49. The molecule has 0 aromatic heterocycles. The Balaban J connectivity index is 2.15. The van der Waals surface area contributed by atoms with Crippen LogP contribution in [0.2, 0.25) is 0 Å². The summed E-state index contributed by atoms with van der Waals surface area (Å²) < 4.78 is 5.42. The van der Waals surface area contributed by atoms with Gasteiger partial charge in [0.2, 0.25) is 5.91 Å². The van der Waals surface area contributed by atoms with Gasteiger partial charge in [0.05, 0.1) is 11.3 Å². The molecule has 0 aromatic carbocycles. The number of amides is 1. The molecule has 24 heavy (non-hydrogen) atoms. The Morgan fingerprint density at radius 1 is 1.12 bits per heavy atom. The second-order valence-corrected chi connectivity index (χ2v) is 8.32. The Kier molecular flexibility index (Phi) is 5.25. The minimum atomic E-state index is -1.26. The molecule has 0 aromatic rings. The third kappa shape index (κ3) is 3.90. The smallest absolute Gasteiger partial charge is 0.310 e. The minimum Gasteiger partial charge on any atom is -0.481 e. The van der Waals surface area contributed by atoms with E-state index in [1.807, 2.05) is 4.90 Å². The average Bonchev–Trinajstić information content (AvgIpc) is 2.98. The number of carboxylic acids is 1. The second-order valence-electron chi connectivity index (χ2n) is 8.32. The van der Waals surface area contributed by atoms with Crippen molar-refractivity contribution in [3.05, 3.63) is 0 Å². The molecule has 6 heteroatoms. The Morgan fingerprint density at radius 3 is 2.21 bits per heavy atom. The van der Waals surface area contributed by atoms with Crippen molar-refractivity contribution in [1.82, 2.24) is 4.90 Å². The van der Waals surface area contributed by atoms with Gasteiger partial charge in [0.25, 0.3) is 0 Å². The number of nitrogens with zero attached hydrogens (tertiary/aromatic N) is 1. The first kappa shape index (κ1) is 18.7.